The van der Waals surface area contributed by atoms with Crippen LogP contribution >= 0.6 is 0 Å². The number of piperidine rings is 1. The van der Waals surface area contributed by atoms with Crippen LogP contribution in [0.5, 0.6) is 0 Å². The number of hydrogen-bond donors (Lipinski definition) is 1. The average molecular weight is 429 g/mol. The van der Waals surface area contributed by atoms with Crippen molar-refractivity contribution in [3.8, 4) is 0 Å². The summed E-state index contributed by atoms with van der Waals surface area (Å²) >= 11 is 0. The van der Waals surface area contributed by atoms with Crippen molar-refractivity contribution in [3.63, 3.8) is 0 Å². The van der Waals surface area contributed by atoms with Gasteiger partial charge in [0.25, 0.3) is 5.91 Å². The van der Waals surface area contributed by atoms with Gasteiger partial charge in [0.2, 0.25) is 5.91 Å². The summed E-state index contributed by atoms with van der Waals surface area (Å²) in [5.74, 6) is 0.722. The van der Waals surface area contributed by atoms with Crippen LogP contribution in [0, 0.1) is 18.8 Å². The standard InChI is InChI=1S/C26H28N4O2/c1-17-12-18(2)16-30(15-17)26(32)20-9-8-19(3)24(13-20)29-25(31)11-10-21-14-27-22-6-4-5-7-23(22)28-21/h4-11,13-14,17-18H,12,15-16H2,1-3H3,(H,29,31). The number of hydrogen-bond acceptors (Lipinski definition) is 4. The molecule has 6 nitrogen and oxygen atoms in total. The molecule has 32 heavy (non-hydrogen) atoms. The maximum absolute atomic E-state index is 13.0. The quantitative estimate of drug-likeness (QED) is 0.611. The summed E-state index contributed by atoms with van der Waals surface area (Å²) < 4.78 is 0. The van der Waals surface area contributed by atoms with Gasteiger partial charge < -0.3 is 10.2 Å². The number of para-hydroxylation sites is 2. The number of anilines is 1. The number of aryl methyl sites for hydroxylation is 1. The fraction of sp³-hybridized carbons (Fsp3) is 0.308. The molecule has 1 aromatic heterocycles. The molecule has 1 N–H and O–H groups in total. The van der Waals surface area contributed by atoms with Gasteiger partial charge >= 0.3 is 0 Å². The van der Waals surface area contributed by atoms with Crippen LogP contribution in [-0.4, -0.2) is 39.8 Å². The molecular weight excluding hydrogens is 400 g/mol. The lowest BCUT2D eigenvalue weighted by Gasteiger charge is -2.35. The maximum atomic E-state index is 13.0. The number of nitrogens with zero attached hydrogens (tertiary/aromatic N) is 3. The van der Waals surface area contributed by atoms with Gasteiger partial charge in [-0.25, -0.2) is 4.98 Å². The summed E-state index contributed by atoms with van der Waals surface area (Å²) in [6, 6.07) is 13.1. The second-order valence-electron chi connectivity index (χ2n) is 8.79. The van der Waals surface area contributed by atoms with E-state index >= 15 is 0 Å². The highest BCUT2D eigenvalue weighted by molar-refractivity contribution is 6.03. The van der Waals surface area contributed by atoms with Gasteiger partial charge in [-0.3, -0.25) is 14.6 Å². The van der Waals surface area contributed by atoms with E-state index < -0.39 is 0 Å². The molecule has 0 aliphatic carbocycles. The van der Waals surface area contributed by atoms with Crippen molar-refractivity contribution < 1.29 is 9.59 Å². The van der Waals surface area contributed by atoms with Crippen LogP contribution < -0.4 is 5.32 Å². The molecule has 0 bridgehead atoms. The first-order valence-corrected chi connectivity index (χ1v) is 11.0. The summed E-state index contributed by atoms with van der Waals surface area (Å²) in [7, 11) is 0. The Morgan fingerprint density at radius 2 is 1.78 bits per heavy atom. The molecule has 1 aliphatic rings. The number of fused-ring (bicyclic) bond motifs is 1. The third-order valence-corrected chi connectivity index (χ3v) is 5.77. The van der Waals surface area contributed by atoms with E-state index in [1.165, 1.54) is 6.08 Å². The summed E-state index contributed by atoms with van der Waals surface area (Å²) in [5, 5.41) is 2.89. The molecule has 1 aliphatic heterocycles. The lowest BCUT2D eigenvalue weighted by molar-refractivity contribution is -0.111. The minimum Gasteiger partial charge on any atom is -0.338 e. The molecule has 2 aromatic carbocycles. The fourth-order valence-electron chi connectivity index (χ4n) is 4.29. The highest BCUT2D eigenvalue weighted by Gasteiger charge is 2.26. The van der Waals surface area contributed by atoms with Gasteiger partial charge in [-0.1, -0.05) is 32.0 Å². The largest absolute Gasteiger partial charge is 0.338 e. The summed E-state index contributed by atoms with van der Waals surface area (Å²) in [5.41, 5.74) is 4.31. The molecule has 3 aromatic rings. The van der Waals surface area contributed by atoms with Crippen molar-refractivity contribution in [2.75, 3.05) is 18.4 Å². The highest BCUT2D eigenvalue weighted by Crippen LogP contribution is 2.24. The van der Waals surface area contributed by atoms with Crippen molar-refractivity contribution in [2.45, 2.75) is 27.2 Å². The molecule has 4 rings (SSSR count). The number of nitrogens with one attached hydrogen (secondary N) is 1. The first-order valence-electron chi connectivity index (χ1n) is 11.0. The van der Waals surface area contributed by atoms with Crippen molar-refractivity contribution >= 4 is 34.6 Å². The summed E-state index contributed by atoms with van der Waals surface area (Å²) in [6.45, 7) is 7.82. The molecule has 1 saturated heterocycles. The Morgan fingerprint density at radius 1 is 1.06 bits per heavy atom. The smallest absolute Gasteiger partial charge is 0.253 e. The lowest BCUT2D eigenvalue weighted by atomic mass is 9.91. The monoisotopic (exact) mass is 428 g/mol. The Hall–Kier alpha value is -3.54. The topological polar surface area (TPSA) is 75.2 Å². The van der Waals surface area contributed by atoms with E-state index in [9.17, 15) is 9.59 Å². The van der Waals surface area contributed by atoms with Crippen molar-refractivity contribution in [3.05, 3.63) is 71.6 Å². The number of carbonyl (C=O) groups excluding carboxylic acids is 2. The van der Waals surface area contributed by atoms with E-state index in [1.54, 1.807) is 18.3 Å². The zero-order chi connectivity index (χ0) is 22.7. The molecule has 2 unspecified atom stereocenters. The Morgan fingerprint density at radius 3 is 2.53 bits per heavy atom. The van der Waals surface area contributed by atoms with Crippen LogP contribution in [0.4, 0.5) is 5.69 Å². The van der Waals surface area contributed by atoms with Gasteiger partial charge in [-0.05, 0) is 61.1 Å². The van der Waals surface area contributed by atoms with Crippen LogP contribution in [0.1, 0.15) is 41.9 Å². The van der Waals surface area contributed by atoms with E-state index in [0.717, 1.165) is 36.1 Å². The van der Waals surface area contributed by atoms with Crippen LogP contribution in [0.15, 0.2) is 54.7 Å². The Labute approximate surface area is 188 Å². The minimum absolute atomic E-state index is 0.0147. The zero-order valence-corrected chi connectivity index (χ0v) is 18.7. The predicted molar refractivity (Wildman–Crippen MR) is 127 cm³/mol. The van der Waals surface area contributed by atoms with E-state index in [0.29, 0.717) is 28.8 Å². The second kappa shape index (κ2) is 9.30. The predicted octanol–water partition coefficient (Wildman–Crippen LogP) is 4.71. The van der Waals surface area contributed by atoms with Gasteiger partial charge in [-0.15, -0.1) is 0 Å². The number of likely N-dealkylation sites (tertiary alicyclic amines) is 1. The molecule has 2 atom stereocenters. The molecule has 0 spiro atoms. The molecule has 0 radical (unpaired) electrons. The molecule has 2 amide bonds. The third kappa shape index (κ3) is 5.02. The van der Waals surface area contributed by atoms with Gasteiger partial charge in [0.1, 0.15) is 0 Å². The number of amides is 2. The zero-order valence-electron chi connectivity index (χ0n) is 18.7. The van der Waals surface area contributed by atoms with Crippen LogP contribution in [0.25, 0.3) is 17.1 Å². The number of benzene rings is 2. The van der Waals surface area contributed by atoms with Crippen molar-refractivity contribution in [1.29, 1.82) is 0 Å². The summed E-state index contributed by atoms with van der Waals surface area (Å²) in [6.07, 6.45) is 5.85. The average Bonchev–Trinajstić information content (AvgIpc) is 2.78. The molecule has 0 saturated carbocycles. The number of rotatable bonds is 4. The highest BCUT2D eigenvalue weighted by atomic mass is 16.2. The van der Waals surface area contributed by atoms with Gasteiger partial charge in [0.15, 0.2) is 0 Å². The molecule has 2 heterocycles. The Bertz CT molecular complexity index is 1180. The van der Waals surface area contributed by atoms with Crippen LogP contribution in [0.3, 0.4) is 0 Å². The molecule has 1 fully saturated rings. The Kier molecular flexibility index (Phi) is 6.30. The van der Waals surface area contributed by atoms with Crippen LogP contribution in [0.2, 0.25) is 0 Å². The van der Waals surface area contributed by atoms with Crippen molar-refractivity contribution in [1.82, 2.24) is 14.9 Å². The van der Waals surface area contributed by atoms with E-state index in [-0.39, 0.29) is 11.8 Å². The van der Waals surface area contributed by atoms with E-state index in [2.05, 4.69) is 29.1 Å². The summed E-state index contributed by atoms with van der Waals surface area (Å²) in [4.78, 5) is 36.3. The number of aromatic nitrogens is 2. The Balaban J connectivity index is 1.46. The fourth-order valence-corrected chi connectivity index (χ4v) is 4.29. The van der Waals surface area contributed by atoms with Gasteiger partial charge in [-0.2, -0.15) is 0 Å². The normalized spacial score (nSPS) is 18.8. The molecular formula is C26H28N4O2. The SMILES string of the molecule is Cc1ccc(C(=O)N2CC(C)CC(C)C2)cc1NC(=O)C=Cc1cnc2ccccc2n1. The first-order chi connectivity index (χ1) is 15.4. The van der Waals surface area contributed by atoms with E-state index in [1.807, 2.05) is 48.2 Å². The first kappa shape index (κ1) is 21.7. The number of carbonyl (C=O) groups is 2. The molecule has 164 valence electrons. The third-order valence-electron chi connectivity index (χ3n) is 5.77. The molecule has 6 heteroatoms. The van der Waals surface area contributed by atoms with Crippen molar-refractivity contribution in [2.24, 2.45) is 11.8 Å². The van der Waals surface area contributed by atoms with E-state index in [4.69, 9.17) is 0 Å². The minimum atomic E-state index is -0.284. The maximum Gasteiger partial charge on any atom is 0.253 e. The van der Waals surface area contributed by atoms with Crippen LogP contribution in [-0.2, 0) is 4.79 Å². The van der Waals surface area contributed by atoms with Gasteiger partial charge in [0, 0.05) is 30.4 Å². The van der Waals surface area contributed by atoms with Gasteiger partial charge in [0.05, 0.1) is 22.9 Å². The second-order valence-corrected chi connectivity index (χ2v) is 8.79. The lowest BCUT2D eigenvalue weighted by Crippen LogP contribution is -2.42.